The highest BCUT2D eigenvalue weighted by Gasteiger charge is 2.34. The molecule has 1 unspecified atom stereocenters. The number of ether oxygens (including phenoxy) is 1. The fraction of sp³-hybridized carbons (Fsp3) is 0.692. The third-order valence-electron chi connectivity index (χ3n) is 3.16. The third kappa shape index (κ3) is 4.73. The number of hydrogen-bond acceptors (Lipinski definition) is 4. The summed E-state index contributed by atoms with van der Waals surface area (Å²) in [4.78, 5) is 11.8. The van der Waals surface area contributed by atoms with E-state index in [9.17, 15) is 18.0 Å². The van der Waals surface area contributed by atoms with Gasteiger partial charge in [0.15, 0.2) is 5.69 Å². The number of esters is 1. The molecule has 1 heterocycles. The van der Waals surface area contributed by atoms with E-state index in [1.807, 2.05) is 0 Å². The maximum Gasteiger partial charge on any atom is 0.435 e. The van der Waals surface area contributed by atoms with Crippen molar-refractivity contribution in [2.24, 2.45) is 0 Å². The molecular weight excluding hydrogens is 287 g/mol. The zero-order valence-corrected chi connectivity index (χ0v) is 11.7. The van der Waals surface area contributed by atoms with Crippen LogP contribution in [-0.2, 0) is 22.3 Å². The predicted octanol–water partition coefficient (Wildman–Crippen LogP) is 1.98. The Morgan fingerprint density at radius 2 is 2.29 bits per heavy atom. The van der Waals surface area contributed by atoms with Crippen LogP contribution >= 0.6 is 0 Å². The van der Waals surface area contributed by atoms with Gasteiger partial charge in [0.25, 0.3) is 0 Å². The highest BCUT2D eigenvalue weighted by Crippen LogP contribution is 2.27. The Labute approximate surface area is 120 Å². The van der Waals surface area contributed by atoms with Crippen molar-refractivity contribution in [3.63, 3.8) is 0 Å². The zero-order chi connectivity index (χ0) is 15.5. The second kappa shape index (κ2) is 6.46. The average molecular weight is 305 g/mol. The van der Waals surface area contributed by atoms with Crippen LogP contribution in [0.4, 0.5) is 13.2 Å². The molecule has 1 aromatic heterocycles. The minimum Gasteiger partial charge on any atom is -0.465 e. The molecule has 8 heteroatoms. The van der Waals surface area contributed by atoms with Gasteiger partial charge in [-0.25, -0.2) is 0 Å². The highest BCUT2D eigenvalue weighted by molar-refractivity contribution is 5.75. The summed E-state index contributed by atoms with van der Waals surface area (Å²) in [6, 6.07) is 0.729. The van der Waals surface area contributed by atoms with Crippen LogP contribution in [0, 0.1) is 0 Å². The van der Waals surface area contributed by atoms with Crippen LogP contribution in [0.5, 0.6) is 0 Å². The summed E-state index contributed by atoms with van der Waals surface area (Å²) in [7, 11) is 0. The SMILES string of the molecule is CCOC(=O)C(CCn1ccc(C(F)(F)F)n1)NC1CC1. The lowest BCUT2D eigenvalue weighted by atomic mass is 10.2. The fourth-order valence-corrected chi connectivity index (χ4v) is 1.95. The number of hydrogen-bond donors (Lipinski definition) is 1. The first-order valence-electron chi connectivity index (χ1n) is 6.93. The largest absolute Gasteiger partial charge is 0.465 e. The number of aryl methyl sites for hydroxylation is 1. The van der Waals surface area contributed by atoms with E-state index >= 15 is 0 Å². The van der Waals surface area contributed by atoms with Gasteiger partial charge in [-0.15, -0.1) is 0 Å². The van der Waals surface area contributed by atoms with Crippen molar-refractivity contribution >= 4 is 5.97 Å². The molecule has 0 amide bonds. The van der Waals surface area contributed by atoms with Gasteiger partial charge in [-0.2, -0.15) is 18.3 Å². The van der Waals surface area contributed by atoms with E-state index in [0.29, 0.717) is 12.5 Å². The normalized spacial score (nSPS) is 16.8. The van der Waals surface area contributed by atoms with Gasteiger partial charge in [-0.3, -0.25) is 9.48 Å². The highest BCUT2D eigenvalue weighted by atomic mass is 19.4. The van der Waals surface area contributed by atoms with E-state index in [2.05, 4.69) is 10.4 Å². The summed E-state index contributed by atoms with van der Waals surface area (Å²) >= 11 is 0. The first-order chi connectivity index (χ1) is 9.90. The van der Waals surface area contributed by atoms with Gasteiger partial charge in [0.2, 0.25) is 0 Å². The minimum atomic E-state index is -4.45. The smallest absolute Gasteiger partial charge is 0.435 e. The molecule has 1 saturated carbocycles. The van der Waals surface area contributed by atoms with Gasteiger partial charge in [0.1, 0.15) is 6.04 Å². The average Bonchev–Trinajstić information content (AvgIpc) is 3.08. The van der Waals surface area contributed by atoms with Crippen LogP contribution in [-0.4, -0.2) is 34.4 Å². The molecule has 1 fully saturated rings. The Balaban J connectivity index is 1.91. The van der Waals surface area contributed by atoms with E-state index in [1.165, 1.54) is 10.9 Å². The third-order valence-corrected chi connectivity index (χ3v) is 3.16. The number of halogens is 3. The molecule has 1 aliphatic carbocycles. The molecule has 2 rings (SSSR count). The van der Waals surface area contributed by atoms with Gasteiger partial charge >= 0.3 is 12.1 Å². The molecule has 5 nitrogen and oxygen atoms in total. The first-order valence-corrected chi connectivity index (χ1v) is 6.93. The lowest BCUT2D eigenvalue weighted by molar-refractivity contribution is -0.146. The maximum absolute atomic E-state index is 12.4. The van der Waals surface area contributed by atoms with Gasteiger partial charge < -0.3 is 10.1 Å². The fourth-order valence-electron chi connectivity index (χ4n) is 1.95. The quantitative estimate of drug-likeness (QED) is 0.783. The van der Waals surface area contributed by atoms with Gasteiger partial charge in [0, 0.05) is 18.8 Å². The van der Waals surface area contributed by atoms with E-state index in [0.717, 1.165) is 18.9 Å². The van der Waals surface area contributed by atoms with Gasteiger partial charge in [-0.05, 0) is 32.3 Å². The van der Waals surface area contributed by atoms with Crippen LogP contribution < -0.4 is 5.32 Å². The number of carbonyl (C=O) groups is 1. The van der Waals surface area contributed by atoms with Crippen molar-refractivity contribution in [2.45, 2.75) is 51.0 Å². The number of carbonyl (C=O) groups excluding carboxylic acids is 1. The van der Waals surface area contributed by atoms with Crippen molar-refractivity contribution in [1.29, 1.82) is 0 Å². The lowest BCUT2D eigenvalue weighted by Gasteiger charge is -2.16. The number of rotatable bonds is 7. The maximum atomic E-state index is 12.4. The van der Waals surface area contributed by atoms with Gasteiger partial charge in [0.05, 0.1) is 6.61 Å². The molecule has 0 radical (unpaired) electrons. The summed E-state index contributed by atoms with van der Waals surface area (Å²) in [6.07, 6.45) is -0.819. The summed E-state index contributed by atoms with van der Waals surface area (Å²) in [5, 5.41) is 6.61. The summed E-state index contributed by atoms with van der Waals surface area (Å²) in [5.41, 5.74) is -0.926. The second-order valence-corrected chi connectivity index (χ2v) is 5.00. The molecule has 21 heavy (non-hydrogen) atoms. The zero-order valence-electron chi connectivity index (χ0n) is 11.7. The minimum absolute atomic E-state index is 0.222. The number of nitrogens with zero attached hydrogens (tertiary/aromatic N) is 2. The molecule has 0 bridgehead atoms. The van der Waals surface area contributed by atoms with Crippen molar-refractivity contribution in [3.8, 4) is 0 Å². The van der Waals surface area contributed by atoms with Gasteiger partial charge in [-0.1, -0.05) is 0 Å². The molecule has 118 valence electrons. The Hall–Kier alpha value is -1.57. The lowest BCUT2D eigenvalue weighted by Crippen LogP contribution is -2.40. The second-order valence-electron chi connectivity index (χ2n) is 5.00. The standard InChI is InChI=1S/C13H18F3N3O2/c1-2-21-12(20)10(17-9-3-4-9)5-7-19-8-6-11(18-19)13(14,15)16/h6,8-10,17H,2-5,7H2,1H3. The van der Waals surface area contributed by atoms with Crippen LogP contribution in [0.15, 0.2) is 12.3 Å². The monoisotopic (exact) mass is 305 g/mol. The van der Waals surface area contributed by atoms with E-state index in [-0.39, 0.29) is 19.1 Å². The Morgan fingerprint density at radius 3 is 2.81 bits per heavy atom. The number of aromatic nitrogens is 2. The summed E-state index contributed by atoms with van der Waals surface area (Å²) in [5.74, 6) is -0.368. The van der Waals surface area contributed by atoms with Crippen LogP contribution in [0.1, 0.15) is 31.9 Å². The van der Waals surface area contributed by atoms with E-state index in [1.54, 1.807) is 6.92 Å². The first kappa shape index (κ1) is 15.8. The molecule has 0 aromatic carbocycles. The Morgan fingerprint density at radius 1 is 1.57 bits per heavy atom. The Bertz CT molecular complexity index is 483. The topological polar surface area (TPSA) is 56.2 Å². The predicted molar refractivity (Wildman–Crippen MR) is 68.4 cm³/mol. The number of nitrogens with one attached hydrogen (secondary N) is 1. The van der Waals surface area contributed by atoms with Crippen LogP contribution in [0.2, 0.25) is 0 Å². The number of alkyl halides is 3. The molecule has 0 aliphatic heterocycles. The molecule has 0 spiro atoms. The van der Waals surface area contributed by atoms with Crippen molar-refractivity contribution in [3.05, 3.63) is 18.0 Å². The molecular formula is C13H18F3N3O2. The molecule has 1 N–H and O–H groups in total. The molecule has 1 aliphatic rings. The summed E-state index contributed by atoms with van der Waals surface area (Å²) in [6.45, 7) is 2.22. The van der Waals surface area contributed by atoms with E-state index in [4.69, 9.17) is 4.74 Å². The molecule has 1 atom stereocenters. The van der Waals surface area contributed by atoms with Crippen molar-refractivity contribution in [2.75, 3.05) is 6.61 Å². The molecule has 0 saturated heterocycles. The van der Waals surface area contributed by atoms with Crippen LogP contribution in [0.3, 0.4) is 0 Å². The van der Waals surface area contributed by atoms with Crippen LogP contribution in [0.25, 0.3) is 0 Å². The summed E-state index contributed by atoms with van der Waals surface area (Å²) < 4.78 is 43.5. The van der Waals surface area contributed by atoms with Crippen molar-refractivity contribution in [1.82, 2.24) is 15.1 Å². The molecule has 1 aromatic rings. The Kier molecular flexibility index (Phi) is 4.87. The van der Waals surface area contributed by atoms with Crippen molar-refractivity contribution < 1.29 is 22.7 Å². The van der Waals surface area contributed by atoms with E-state index < -0.39 is 17.9 Å².